The summed E-state index contributed by atoms with van der Waals surface area (Å²) in [5, 5.41) is 21.5. The zero-order valence-electron chi connectivity index (χ0n) is 16.3. The van der Waals surface area contributed by atoms with Crippen molar-refractivity contribution in [2.45, 2.75) is 57.0 Å². The number of nitrogen functional groups attached to an aromatic ring is 1. The third kappa shape index (κ3) is 4.81. The number of aliphatic hydroxyl groups is 2. The average molecular weight is 426 g/mol. The molecule has 0 aliphatic carbocycles. The zero-order valence-corrected chi connectivity index (χ0v) is 17.2. The fourth-order valence-electron chi connectivity index (χ4n) is 3.14. The number of esters is 1. The molecule has 0 bridgehead atoms. The second kappa shape index (κ2) is 9.26. The first-order valence-corrected chi connectivity index (χ1v) is 10.6. The Kier molecular flexibility index (Phi) is 6.96. The molecule has 10 nitrogen and oxygen atoms in total. The van der Waals surface area contributed by atoms with E-state index in [1.807, 2.05) is 0 Å². The maximum Gasteiger partial charge on any atom is 0.323 e. The van der Waals surface area contributed by atoms with Gasteiger partial charge in [-0.15, -0.1) is 0 Å². The van der Waals surface area contributed by atoms with Gasteiger partial charge in [-0.1, -0.05) is 0 Å². The van der Waals surface area contributed by atoms with Crippen LogP contribution in [0.2, 0.25) is 0 Å². The molecule has 2 unspecified atom stereocenters. The van der Waals surface area contributed by atoms with E-state index in [2.05, 4.69) is 9.97 Å². The van der Waals surface area contributed by atoms with Gasteiger partial charge < -0.3 is 35.7 Å². The van der Waals surface area contributed by atoms with Crippen LogP contribution in [0.5, 0.6) is 0 Å². The smallest absolute Gasteiger partial charge is 0.323 e. The molecule has 3 rings (SSSR count). The number of carbonyl (C=O) groups excluding carboxylic acids is 1. The first-order valence-electron chi connectivity index (χ1n) is 9.42. The van der Waals surface area contributed by atoms with Crippen LogP contribution in [0.4, 0.5) is 5.82 Å². The van der Waals surface area contributed by atoms with E-state index in [9.17, 15) is 15.0 Å². The average Bonchev–Trinajstić information content (AvgIpc) is 3.21. The second-order valence-corrected chi connectivity index (χ2v) is 8.37. The van der Waals surface area contributed by atoms with E-state index in [1.54, 1.807) is 30.7 Å². The Hall–Kier alpha value is -1.92. The second-order valence-electron chi connectivity index (χ2n) is 7.22. The van der Waals surface area contributed by atoms with Gasteiger partial charge in [0.05, 0.1) is 17.6 Å². The van der Waals surface area contributed by atoms with E-state index >= 15 is 0 Å². The Labute approximate surface area is 172 Å². The monoisotopic (exact) mass is 425 g/mol. The molecule has 5 atom stereocenters. The van der Waals surface area contributed by atoms with E-state index < -0.39 is 36.6 Å². The largest absolute Gasteiger partial charge is 0.462 e. The van der Waals surface area contributed by atoms with Crippen molar-refractivity contribution >= 4 is 34.6 Å². The highest BCUT2D eigenvalue weighted by Crippen LogP contribution is 2.34. The highest BCUT2D eigenvalue weighted by molar-refractivity contribution is 7.99. The van der Waals surface area contributed by atoms with Gasteiger partial charge in [0.1, 0.15) is 36.0 Å². The Bertz CT molecular complexity index is 847. The van der Waals surface area contributed by atoms with Gasteiger partial charge in [0.15, 0.2) is 6.23 Å². The first-order chi connectivity index (χ1) is 13.8. The minimum Gasteiger partial charge on any atom is -0.462 e. The lowest BCUT2D eigenvalue weighted by atomic mass is 10.1. The number of fused-ring (bicyclic) bond motifs is 1. The summed E-state index contributed by atoms with van der Waals surface area (Å²) < 4.78 is 12.6. The topological polar surface area (TPSA) is 159 Å². The van der Waals surface area contributed by atoms with Crippen LogP contribution in [-0.2, 0) is 14.3 Å². The van der Waals surface area contributed by atoms with Crippen LogP contribution in [0.15, 0.2) is 18.6 Å². The molecule has 0 spiro atoms. The van der Waals surface area contributed by atoms with Crippen molar-refractivity contribution < 1.29 is 24.5 Å². The predicted molar refractivity (Wildman–Crippen MR) is 109 cm³/mol. The Balaban J connectivity index is 1.55. The fraction of sp³-hybridized carbons (Fsp3) is 0.611. The molecule has 3 heterocycles. The zero-order chi connectivity index (χ0) is 21.1. The standard InChI is InChI=1S/C18H27N5O5S/c1-9(2)27-18(26)11(19)4-6-29-7-12-13(24)14(25)17(28-12)23-5-3-10-15(20)21-8-22-16(10)23/h3,5,8-9,11-14,17,24-25H,4,6-7,19H2,1-2H3,(H2,20,21,22)/t11?,12-,13-,14-,17?/m1/s1. The van der Waals surface area contributed by atoms with Gasteiger partial charge in [-0.05, 0) is 32.1 Å². The van der Waals surface area contributed by atoms with Crippen LogP contribution in [-0.4, -0.2) is 72.7 Å². The van der Waals surface area contributed by atoms with Crippen molar-refractivity contribution in [3.8, 4) is 0 Å². The summed E-state index contributed by atoms with van der Waals surface area (Å²) in [7, 11) is 0. The summed E-state index contributed by atoms with van der Waals surface area (Å²) in [6, 6.07) is 1.06. The van der Waals surface area contributed by atoms with Gasteiger partial charge in [-0.2, -0.15) is 11.8 Å². The molecular weight excluding hydrogens is 398 g/mol. The lowest BCUT2D eigenvalue weighted by Gasteiger charge is -2.17. The Morgan fingerprint density at radius 2 is 2.14 bits per heavy atom. The van der Waals surface area contributed by atoms with Gasteiger partial charge >= 0.3 is 5.97 Å². The van der Waals surface area contributed by atoms with E-state index in [-0.39, 0.29) is 6.10 Å². The molecule has 11 heteroatoms. The lowest BCUT2D eigenvalue weighted by molar-refractivity contribution is -0.149. The van der Waals surface area contributed by atoms with Crippen molar-refractivity contribution in [2.75, 3.05) is 17.2 Å². The molecule has 0 saturated carbocycles. The number of hydrogen-bond donors (Lipinski definition) is 4. The van der Waals surface area contributed by atoms with Gasteiger partial charge in [0, 0.05) is 11.9 Å². The molecule has 6 N–H and O–H groups in total. The van der Waals surface area contributed by atoms with Crippen molar-refractivity contribution in [2.24, 2.45) is 5.73 Å². The number of carbonyl (C=O) groups is 1. The van der Waals surface area contributed by atoms with Crippen LogP contribution in [0.1, 0.15) is 26.5 Å². The van der Waals surface area contributed by atoms with E-state index in [4.69, 9.17) is 20.9 Å². The SMILES string of the molecule is CC(C)OC(=O)C(N)CCSC[C@H]1OC(n2ccc3c(N)ncnc32)[C@H](O)[C@@H]1O. The van der Waals surface area contributed by atoms with Crippen molar-refractivity contribution in [1.29, 1.82) is 0 Å². The summed E-state index contributed by atoms with van der Waals surface area (Å²) in [6.45, 7) is 3.54. The number of nitrogens with zero attached hydrogens (tertiary/aromatic N) is 3. The molecule has 0 radical (unpaired) electrons. The van der Waals surface area contributed by atoms with Gasteiger partial charge in [-0.3, -0.25) is 4.79 Å². The summed E-state index contributed by atoms with van der Waals surface area (Å²) in [5.41, 5.74) is 12.2. The molecule has 0 aromatic carbocycles. The highest BCUT2D eigenvalue weighted by Gasteiger charge is 2.43. The molecule has 1 aliphatic heterocycles. The summed E-state index contributed by atoms with van der Waals surface area (Å²) in [4.78, 5) is 19.9. The fourth-order valence-corrected chi connectivity index (χ4v) is 4.24. The van der Waals surface area contributed by atoms with E-state index in [0.29, 0.717) is 34.8 Å². The molecule has 1 aliphatic rings. The Morgan fingerprint density at radius 3 is 2.86 bits per heavy atom. The number of aliphatic hydroxyl groups excluding tert-OH is 2. The number of hydrogen-bond acceptors (Lipinski definition) is 10. The van der Waals surface area contributed by atoms with Crippen LogP contribution in [0, 0.1) is 0 Å². The third-order valence-electron chi connectivity index (χ3n) is 4.66. The van der Waals surface area contributed by atoms with Crippen molar-refractivity contribution in [1.82, 2.24) is 14.5 Å². The maximum atomic E-state index is 11.7. The van der Waals surface area contributed by atoms with Gasteiger partial charge in [0.25, 0.3) is 0 Å². The van der Waals surface area contributed by atoms with E-state index in [1.165, 1.54) is 18.1 Å². The Morgan fingerprint density at radius 1 is 1.38 bits per heavy atom. The predicted octanol–water partition coefficient (Wildman–Crippen LogP) is 0.0349. The van der Waals surface area contributed by atoms with Crippen LogP contribution >= 0.6 is 11.8 Å². The number of thioether (sulfide) groups is 1. The van der Waals surface area contributed by atoms with Gasteiger partial charge in [0.2, 0.25) is 0 Å². The molecule has 1 saturated heterocycles. The molecule has 1 fully saturated rings. The van der Waals surface area contributed by atoms with Crippen molar-refractivity contribution in [3.05, 3.63) is 18.6 Å². The minimum atomic E-state index is -1.12. The normalized spacial score (nSPS) is 25.6. The molecular formula is C18H27N5O5S. The first kappa shape index (κ1) is 21.8. The molecule has 160 valence electrons. The van der Waals surface area contributed by atoms with Gasteiger partial charge in [-0.25, -0.2) is 9.97 Å². The molecule has 0 amide bonds. The summed E-state index contributed by atoms with van der Waals surface area (Å²) in [5.74, 6) is 0.949. The summed E-state index contributed by atoms with van der Waals surface area (Å²) in [6.07, 6.45) is -0.242. The number of rotatable bonds is 8. The number of anilines is 1. The van der Waals surface area contributed by atoms with E-state index in [0.717, 1.165) is 0 Å². The highest BCUT2D eigenvalue weighted by atomic mass is 32.2. The number of ether oxygens (including phenoxy) is 2. The van der Waals surface area contributed by atoms with Crippen LogP contribution in [0.25, 0.3) is 11.0 Å². The quantitative estimate of drug-likeness (QED) is 0.336. The summed E-state index contributed by atoms with van der Waals surface area (Å²) >= 11 is 1.49. The molecule has 2 aromatic rings. The minimum absolute atomic E-state index is 0.202. The maximum absolute atomic E-state index is 11.7. The third-order valence-corrected chi connectivity index (χ3v) is 5.75. The lowest BCUT2D eigenvalue weighted by Crippen LogP contribution is -2.35. The molecule has 2 aromatic heterocycles. The number of nitrogens with two attached hydrogens (primary N) is 2. The molecule has 29 heavy (non-hydrogen) atoms. The van der Waals surface area contributed by atoms with Crippen molar-refractivity contribution in [3.63, 3.8) is 0 Å². The van der Waals surface area contributed by atoms with Crippen LogP contribution in [0.3, 0.4) is 0 Å². The number of aromatic nitrogens is 3. The van der Waals surface area contributed by atoms with Crippen LogP contribution < -0.4 is 11.5 Å².